The van der Waals surface area contributed by atoms with Gasteiger partial charge < -0.3 is 24.7 Å². The molecule has 3 rings (SSSR count). The monoisotopic (exact) mass is 488 g/mol. The van der Waals surface area contributed by atoms with Crippen molar-refractivity contribution in [1.82, 2.24) is 0 Å². The highest BCUT2D eigenvalue weighted by Crippen LogP contribution is 2.42. The van der Waals surface area contributed by atoms with Gasteiger partial charge in [0.15, 0.2) is 11.5 Å². The number of alkyl halides is 3. The molecule has 2 aromatic carbocycles. The Labute approximate surface area is 200 Å². The minimum atomic E-state index is -4.46. The number of allylic oxidation sites excluding steroid dienone is 2. The number of nitrogens with two attached hydrogens (primary N) is 1. The Morgan fingerprint density at radius 3 is 2.57 bits per heavy atom. The molecule has 0 aliphatic carbocycles. The van der Waals surface area contributed by atoms with Crippen LogP contribution in [0.1, 0.15) is 36.5 Å². The molecule has 184 valence electrons. The Bertz CT molecular complexity index is 1230. The van der Waals surface area contributed by atoms with Gasteiger partial charge in [-0.2, -0.15) is 18.4 Å². The normalized spacial score (nSPS) is 15.9. The van der Waals surface area contributed by atoms with Gasteiger partial charge in [-0.05, 0) is 49.2 Å². The van der Waals surface area contributed by atoms with E-state index in [1.807, 2.05) is 6.07 Å². The van der Waals surface area contributed by atoms with Crippen LogP contribution in [0, 0.1) is 11.3 Å². The molecule has 35 heavy (non-hydrogen) atoms. The summed E-state index contributed by atoms with van der Waals surface area (Å²) in [6.45, 7) is 3.18. The van der Waals surface area contributed by atoms with Gasteiger partial charge in [0.1, 0.15) is 24.0 Å². The summed E-state index contributed by atoms with van der Waals surface area (Å²) in [5, 5.41) is 9.70. The van der Waals surface area contributed by atoms with Crippen LogP contribution in [0.2, 0.25) is 0 Å². The van der Waals surface area contributed by atoms with Crippen molar-refractivity contribution in [3.63, 3.8) is 0 Å². The van der Waals surface area contributed by atoms with Crippen LogP contribution in [-0.2, 0) is 27.1 Å². The lowest BCUT2D eigenvalue weighted by molar-refractivity contribution is -0.139. The van der Waals surface area contributed by atoms with Gasteiger partial charge in [-0.15, -0.1) is 0 Å². The molecular formula is C25H23F3N2O5. The van der Waals surface area contributed by atoms with Crippen molar-refractivity contribution in [3.8, 4) is 17.6 Å². The predicted octanol–water partition coefficient (Wildman–Crippen LogP) is 4.94. The molecule has 10 heteroatoms. The average molecular weight is 488 g/mol. The Morgan fingerprint density at radius 1 is 1.20 bits per heavy atom. The summed E-state index contributed by atoms with van der Waals surface area (Å²) in [7, 11) is 1.39. The lowest BCUT2D eigenvalue weighted by Crippen LogP contribution is -2.25. The van der Waals surface area contributed by atoms with Crippen molar-refractivity contribution in [1.29, 1.82) is 5.26 Å². The molecule has 0 amide bonds. The summed E-state index contributed by atoms with van der Waals surface area (Å²) in [6.07, 6.45) is -4.46. The molecule has 1 heterocycles. The number of halogens is 3. The van der Waals surface area contributed by atoms with Gasteiger partial charge in [0.25, 0.3) is 0 Å². The number of rotatable bonds is 7. The van der Waals surface area contributed by atoms with Crippen LogP contribution in [0.25, 0.3) is 0 Å². The van der Waals surface area contributed by atoms with E-state index in [1.165, 1.54) is 19.2 Å². The number of nitriles is 1. The van der Waals surface area contributed by atoms with E-state index in [-0.39, 0.29) is 47.5 Å². The molecule has 0 spiro atoms. The smallest absolute Gasteiger partial charge is 0.416 e. The second-order valence-corrected chi connectivity index (χ2v) is 7.51. The van der Waals surface area contributed by atoms with E-state index in [9.17, 15) is 23.2 Å². The molecule has 1 unspecified atom stereocenters. The summed E-state index contributed by atoms with van der Waals surface area (Å²) in [5.74, 6) is -0.953. The number of methoxy groups -OCH3 is 1. The molecular weight excluding hydrogens is 465 g/mol. The lowest BCUT2D eigenvalue weighted by atomic mass is 9.83. The lowest BCUT2D eigenvalue weighted by Gasteiger charge is -2.27. The summed E-state index contributed by atoms with van der Waals surface area (Å²) in [5.41, 5.74) is 6.09. The Kier molecular flexibility index (Phi) is 7.59. The van der Waals surface area contributed by atoms with Crippen molar-refractivity contribution >= 4 is 5.97 Å². The van der Waals surface area contributed by atoms with Crippen LogP contribution in [0.5, 0.6) is 11.5 Å². The molecule has 0 aromatic heterocycles. The fourth-order valence-electron chi connectivity index (χ4n) is 3.67. The van der Waals surface area contributed by atoms with Crippen LogP contribution in [-0.4, -0.2) is 19.7 Å². The Balaban J connectivity index is 1.95. The van der Waals surface area contributed by atoms with Crippen LogP contribution < -0.4 is 15.2 Å². The second-order valence-electron chi connectivity index (χ2n) is 7.51. The number of nitrogens with zero attached hydrogens (tertiary/aromatic N) is 1. The zero-order valence-electron chi connectivity index (χ0n) is 19.2. The van der Waals surface area contributed by atoms with Gasteiger partial charge in [0.05, 0.1) is 30.8 Å². The van der Waals surface area contributed by atoms with Gasteiger partial charge in [-0.1, -0.05) is 18.2 Å². The first-order valence-corrected chi connectivity index (χ1v) is 10.5. The molecule has 1 atom stereocenters. The number of benzene rings is 2. The highest BCUT2D eigenvalue weighted by atomic mass is 19.4. The zero-order chi connectivity index (χ0) is 25.8. The summed E-state index contributed by atoms with van der Waals surface area (Å²) >= 11 is 0. The quantitative estimate of drug-likeness (QED) is 0.551. The SMILES string of the molecule is CCOC(=O)C1=C(C)OC(N)=C(C#N)C1c1ccc(OCc2cccc(C(F)(F)F)c2)c(OC)c1. The van der Waals surface area contributed by atoms with Crippen LogP contribution >= 0.6 is 0 Å². The van der Waals surface area contributed by atoms with E-state index in [0.717, 1.165) is 12.1 Å². The molecule has 0 saturated heterocycles. The third kappa shape index (κ3) is 5.51. The van der Waals surface area contributed by atoms with Gasteiger partial charge in [0, 0.05) is 0 Å². The highest BCUT2D eigenvalue weighted by Gasteiger charge is 2.36. The van der Waals surface area contributed by atoms with E-state index < -0.39 is 23.6 Å². The zero-order valence-corrected chi connectivity index (χ0v) is 19.2. The molecule has 2 aromatic rings. The molecule has 0 bridgehead atoms. The molecule has 0 radical (unpaired) electrons. The number of esters is 1. The maximum Gasteiger partial charge on any atom is 0.416 e. The van der Waals surface area contributed by atoms with Crippen molar-refractivity contribution < 1.29 is 36.9 Å². The molecule has 0 fully saturated rings. The first-order chi connectivity index (χ1) is 16.6. The molecule has 7 nitrogen and oxygen atoms in total. The number of hydrogen-bond acceptors (Lipinski definition) is 7. The minimum Gasteiger partial charge on any atom is -0.493 e. The minimum absolute atomic E-state index is 0.0262. The van der Waals surface area contributed by atoms with E-state index in [4.69, 9.17) is 24.7 Å². The third-order valence-electron chi connectivity index (χ3n) is 5.27. The number of carbonyl (C=O) groups is 1. The summed E-state index contributed by atoms with van der Waals surface area (Å²) < 4.78 is 60.6. The first kappa shape index (κ1) is 25.5. The molecule has 0 saturated carbocycles. The van der Waals surface area contributed by atoms with Crippen molar-refractivity contribution in [3.05, 3.63) is 81.9 Å². The topological polar surface area (TPSA) is 104 Å². The summed E-state index contributed by atoms with van der Waals surface area (Å²) in [6, 6.07) is 11.5. The Hall–Kier alpha value is -4.13. The van der Waals surface area contributed by atoms with Crippen LogP contribution in [0.3, 0.4) is 0 Å². The van der Waals surface area contributed by atoms with Gasteiger partial charge >= 0.3 is 12.1 Å². The fraction of sp³-hybridized carbons (Fsp3) is 0.280. The largest absolute Gasteiger partial charge is 0.493 e. The molecule has 1 aliphatic rings. The highest BCUT2D eigenvalue weighted by molar-refractivity contribution is 5.92. The van der Waals surface area contributed by atoms with Crippen molar-refractivity contribution in [2.45, 2.75) is 32.5 Å². The van der Waals surface area contributed by atoms with Gasteiger partial charge in [0.2, 0.25) is 5.88 Å². The Morgan fingerprint density at radius 2 is 1.94 bits per heavy atom. The van der Waals surface area contributed by atoms with E-state index >= 15 is 0 Å². The molecule has 1 aliphatic heterocycles. The maximum atomic E-state index is 13.0. The third-order valence-corrected chi connectivity index (χ3v) is 5.27. The second kappa shape index (κ2) is 10.4. The van der Waals surface area contributed by atoms with Crippen molar-refractivity contribution in [2.75, 3.05) is 13.7 Å². The van der Waals surface area contributed by atoms with Crippen LogP contribution in [0.15, 0.2) is 65.3 Å². The first-order valence-electron chi connectivity index (χ1n) is 10.5. The molecule has 2 N–H and O–H groups in total. The van der Waals surface area contributed by atoms with Crippen molar-refractivity contribution in [2.24, 2.45) is 5.73 Å². The van der Waals surface area contributed by atoms with Gasteiger partial charge in [-0.3, -0.25) is 0 Å². The average Bonchev–Trinajstić information content (AvgIpc) is 2.82. The number of carbonyl (C=O) groups excluding carboxylic acids is 1. The number of ether oxygens (including phenoxy) is 4. The van der Waals surface area contributed by atoms with Gasteiger partial charge in [-0.25, -0.2) is 4.79 Å². The fourth-order valence-corrected chi connectivity index (χ4v) is 3.67. The predicted molar refractivity (Wildman–Crippen MR) is 119 cm³/mol. The van der Waals surface area contributed by atoms with Crippen LogP contribution in [0.4, 0.5) is 13.2 Å². The maximum absolute atomic E-state index is 13.0. The standard InChI is InChI=1S/C25H23F3N2O5/c1-4-33-24(31)21-14(2)35-23(30)18(12-29)22(21)16-8-9-19(20(11-16)32-3)34-13-15-6-5-7-17(10-15)25(26,27)28/h5-11,22H,4,13,30H2,1-3H3. The number of hydrogen-bond donors (Lipinski definition) is 1. The van der Waals surface area contributed by atoms with E-state index in [2.05, 4.69) is 0 Å². The van der Waals surface area contributed by atoms with E-state index in [1.54, 1.807) is 32.0 Å². The summed E-state index contributed by atoms with van der Waals surface area (Å²) in [4.78, 5) is 12.7. The van der Waals surface area contributed by atoms with E-state index in [0.29, 0.717) is 11.1 Å².